The molecule has 0 spiro atoms. The Hall–Kier alpha value is -5.20. The quantitative estimate of drug-likeness (QED) is 0.230. The number of fused-ring (bicyclic) bond motifs is 1. The lowest BCUT2D eigenvalue weighted by Gasteiger charge is -2.28. The fourth-order valence-electron chi connectivity index (χ4n) is 5.18. The molecule has 3 aromatic carbocycles. The summed E-state index contributed by atoms with van der Waals surface area (Å²) in [6, 6.07) is 22.6. The van der Waals surface area contributed by atoms with Crippen LogP contribution in [-0.4, -0.2) is 67.7 Å². The molecule has 1 aliphatic rings. The minimum atomic E-state index is -3.38. The summed E-state index contributed by atoms with van der Waals surface area (Å²) in [4.78, 5) is 40.8. The monoisotopic (exact) mass is 636 g/mol. The van der Waals surface area contributed by atoms with Crippen molar-refractivity contribution in [2.75, 3.05) is 48.1 Å². The van der Waals surface area contributed by atoms with E-state index in [1.54, 1.807) is 48.7 Å². The van der Waals surface area contributed by atoms with Gasteiger partial charge in [-0.2, -0.15) is 0 Å². The summed E-state index contributed by atoms with van der Waals surface area (Å²) in [5.74, 6) is 1.25. The molecule has 12 heteroatoms. The van der Waals surface area contributed by atoms with E-state index < -0.39 is 15.9 Å². The fourth-order valence-corrected chi connectivity index (χ4v) is 5.85. The number of amides is 2. The molecule has 11 nitrogen and oxygen atoms in total. The average molecular weight is 637 g/mol. The SMILES string of the molecule is CC(=O)Cc1ccc(NC(=O)Nc2ccc(-c3nc(N4CCOCC4)c4ncc(-c5cccc(S(C)(=O)=O)c5)cc4n3)cc2)cc1. The van der Waals surface area contributed by atoms with Crippen molar-refractivity contribution in [3.63, 3.8) is 0 Å². The Labute approximate surface area is 266 Å². The maximum absolute atomic E-state index is 12.6. The number of hydrogen-bond donors (Lipinski definition) is 2. The van der Waals surface area contributed by atoms with Gasteiger partial charge in [0.1, 0.15) is 11.3 Å². The average Bonchev–Trinajstić information content (AvgIpc) is 3.05. The number of carbonyl (C=O) groups excluding carboxylic acids is 2. The first-order valence-corrected chi connectivity index (χ1v) is 16.6. The fraction of sp³-hybridized carbons (Fsp3) is 0.206. The van der Waals surface area contributed by atoms with Crippen molar-refractivity contribution in [3.05, 3.63) is 90.6 Å². The number of sulfone groups is 1. The Bertz CT molecular complexity index is 2030. The zero-order valence-electron chi connectivity index (χ0n) is 25.4. The van der Waals surface area contributed by atoms with Crippen molar-refractivity contribution in [2.45, 2.75) is 18.2 Å². The third kappa shape index (κ3) is 7.19. The molecular formula is C34H32N6O5S. The summed E-state index contributed by atoms with van der Waals surface area (Å²) in [6.07, 6.45) is 3.25. The number of pyridine rings is 1. The van der Waals surface area contributed by atoms with Crippen molar-refractivity contribution in [1.29, 1.82) is 0 Å². The Morgan fingerprint density at radius 3 is 2.17 bits per heavy atom. The number of anilines is 3. The summed E-state index contributed by atoms with van der Waals surface area (Å²) >= 11 is 0. The van der Waals surface area contributed by atoms with Crippen LogP contribution in [0.4, 0.5) is 22.0 Å². The Balaban J connectivity index is 1.27. The van der Waals surface area contributed by atoms with E-state index in [1.165, 1.54) is 13.2 Å². The highest BCUT2D eigenvalue weighted by Crippen LogP contribution is 2.31. The Morgan fingerprint density at radius 1 is 0.848 bits per heavy atom. The Kier molecular flexibility index (Phi) is 8.73. The zero-order valence-corrected chi connectivity index (χ0v) is 26.2. The number of hydrogen-bond acceptors (Lipinski definition) is 9. The van der Waals surface area contributed by atoms with Gasteiger partial charge in [0.25, 0.3) is 0 Å². The zero-order chi connectivity index (χ0) is 32.3. The van der Waals surface area contributed by atoms with Gasteiger partial charge in [0.15, 0.2) is 21.5 Å². The number of aromatic nitrogens is 3. The first-order valence-electron chi connectivity index (χ1n) is 14.7. The third-order valence-corrected chi connectivity index (χ3v) is 8.60. The van der Waals surface area contributed by atoms with Crippen LogP contribution in [0, 0.1) is 0 Å². The molecule has 0 bridgehead atoms. The number of Topliss-reactive ketones (excluding diaryl/α,β-unsaturated/α-hetero) is 1. The van der Waals surface area contributed by atoms with E-state index in [1.807, 2.05) is 36.4 Å². The number of nitrogens with one attached hydrogen (secondary N) is 2. The second-order valence-electron chi connectivity index (χ2n) is 11.1. The lowest BCUT2D eigenvalue weighted by Crippen LogP contribution is -2.37. The van der Waals surface area contributed by atoms with Gasteiger partial charge in [-0.05, 0) is 72.6 Å². The molecule has 0 aliphatic carbocycles. The van der Waals surface area contributed by atoms with Crippen LogP contribution in [0.2, 0.25) is 0 Å². The predicted octanol–water partition coefficient (Wildman–Crippen LogP) is 5.37. The normalized spacial score (nSPS) is 13.4. The molecule has 0 atom stereocenters. The van der Waals surface area contributed by atoms with Gasteiger partial charge >= 0.3 is 6.03 Å². The molecule has 2 N–H and O–H groups in total. The first-order chi connectivity index (χ1) is 22.1. The van der Waals surface area contributed by atoms with Gasteiger partial charge in [0, 0.05) is 54.5 Å². The van der Waals surface area contributed by atoms with E-state index in [2.05, 4.69) is 15.5 Å². The molecule has 2 aromatic heterocycles. The lowest BCUT2D eigenvalue weighted by molar-refractivity contribution is -0.116. The van der Waals surface area contributed by atoms with E-state index in [4.69, 9.17) is 19.7 Å². The van der Waals surface area contributed by atoms with Crippen molar-refractivity contribution in [2.24, 2.45) is 0 Å². The van der Waals surface area contributed by atoms with E-state index in [-0.39, 0.29) is 10.7 Å². The van der Waals surface area contributed by atoms with Crippen molar-refractivity contribution in [1.82, 2.24) is 15.0 Å². The van der Waals surface area contributed by atoms with Gasteiger partial charge < -0.3 is 20.3 Å². The van der Waals surface area contributed by atoms with Crippen LogP contribution < -0.4 is 15.5 Å². The number of ketones is 1. The van der Waals surface area contributed by atoms with Gasteiger partial charge in [0.2, 0.25) is 0 Å². The molecular weight excluding hydrogens is 604 g/mol. The van der Waals surface area contributed by atoms with E-state index in [0.717, 1.165) is 16.7 Å². The topological polar surface area (TPSA) is 143 Å². The highest BCUT2D eigenvalue weighted by molar-refractivity contribution is 7.90. The molecule has 46 heavy (non-hydrogen) atoms. The Morgan fingerprint density at radius 2 is 1.52 bits per heavy atom. The second-order valence-corrected chi connectivity index (χ2v) is 13.1. The summed E-state index contributed by atoms with van der Waals surface area (Å²) in [6.45, 7) is 3.99. The number of morpholine rings is 1. The van der Waals surface area contributed by atoms with Gasteiger partial charge in [-0.25, -0.2) is 23.2 Å². The highest BCUT2D eigenvalue weighted by atomic mass is 32.2. The van der Waals surface area contributed by atoms with Crippen LogP contribution in [0.1, 0.15) is 12.5 Å². The molecule has 2 amide bonds. The van der Waals surface area contributed by atoms with Crippen LogP contribution in [0.5, 0.6) is 0 Å². The smallest absolute Gasteiger partial charge is 0.323 e. The minimum Gasteiger partial charge on any atom is -0.378 e. The van der Waals surface area contributed by atoms with Crippen LogP contribution in [0.15, 0.2) is 90.0 Å². The maximum Gasteiger partial charge on any atom is 0.323 e. The number of urea groups is 1. The number of rotatable bonds is 8. The lowest BCUT2D eigenvalue weighted by atomic mass is 10.1. The molecule has 0 unspecified atom stereocenters. The largest absolute Gasteiger partial charge is 0.378 e. The molecule has 234 valence electrons. The number of carbonyl (C=O) groups is 2. The van der Waals surface area contributed by atoms with Crippen LogP contribution in [-0.2, 0) is 25.8 Å². The van der Waals surface area contributed by atoms with E-state index in [0.29, 0.717) is 72.3 Å². The summed E-state index contributed by atoms with van der Waals surface area (Å²) in [5.41, 5.74) is 5.52. The minimum absolute atomic E-state index is 0.0759. The molecule has 6 rings (SSSR count). The molecule has 3 heterocycles. The third-order valence-electron chi connectivity index (χ3n) is 7.49. The van der Waals surface area contributed by atoms with Gasteiger partial charge in [-0.15, -0.1) is 0 Å². The van der Waals surface area contributed by atoms with Crippen molar-refractivity contribution in [3.8, 4) is 22.5 Å². The first kappa shape index (κ1) is 30.8. The molecule has 0 radical (unpaired) electrons. The number of benzene rings is 3. The summed E-state index contributed by atoms with van der Waals surface area (Å²) in [7, 11) is -3.38. The van der Waals surface area contributed by atoms with E-state index in [9.17, 15) is 18.0 Å². The van der Waals surface area contributed by atoms with Crippen LogP contribution >= 0.6 is 0 Å². The van der Waals surface area contributed by atoms with Gasteiger partial charge in [0.05, 0.1) is 23.6 Å². The second kappa shape index (κ2) is 13.0. The highest BCUT2D eigenvalue weighted by Gasteiger charge is 2.20. The van der Waals surface area contributed by atoms with E-state index >= 15 is 0 Å². The number of ether oxygens (including phenoxy) is 1. The predicted molar refractivity (Wildman–Crippen MR) is 178 cm³/mol. The van der Waals surface area contributed by atoms with Crippen molar-refractivity contribution < 1.29 is 22.7 Å². The van der Waals surface area contributed by atoms with Gasteiger partial charge in [-0.1, -0.05) is 24.3 Å². The summed E-state index contributed by atoms with van der Waals surface area (Å²) < 4.78 is 29.9. The van der Waals surface area contributed by atoms with Crippen LogP contribution in [0.3, 0.4) is 0 Å². The molecule has 1 aliphatic heterocycles. The van der Waals surface area contributed by atoms with Crippen molar-refractivity contribution >= 4 is 49.9 Å². The molecule has 0 saturated carbocycles. The molecule has 5 aromatic rings. The number of nitrogens with zero attached hydrogens (tertiary/aromatic N) is 4. The maximum atomic E-state index is 12.6. The van der Waals surface area contributed by atoms with Gasteiger partial charge in [-0.3, -0.25) is 9.78 Å². The molecule has 1 saturated heterocycles. The molecule has 1 fully saturated rings. The standard InChI is InChI=1S/C34H32N6O5S/c1-22(41)18-23-6-10-27(11-7-23)36-34(42)37-28-12-8-24(9-13-28)32-38-30-20-26(25-4-3-5-29(19-25)46(2,43)44)21-35-31(30)33(39-32)40-14-16-45-17-15-40/h3-13,19-21H,14-18H2,1-2H3,(H2,36,37,42). The van der Waals surface area contributed by atoms with Crippen LogP contribution in [0.25, 0.3) is 33.5 Å². The summed E-state index contributed by atoms with van der Waals surface area (Å²) in [5, 5.41) is 5.63.